The van der Waals surface area contributed by atoms with Crippen LogP contribution in [0.2, 0.25) is 0 Å². The fourth-order valence-electron chi connectivity index (χ4n) is 2.70. The maximum Gasteiger partial charge on any atom is 0.416 e. The Morgan fingerprint density at radius 2 is 1.48 bits per heavy atom. The first-order valence-electron chi connectivity index (χ1n) is 8.42. The summed E-state index contributed by atoms with van der Waals surface area (Å²) >= 11 is 0. The van der Waals surface area contributed by atoms with Crippen LogP contribution >= 0.6 is 0 Å². The highest BCUT2D eigenvalue weighted by atomic mass is 19.4. The van der Waals surface area contributed by atoms with Gasteiger partial charge in [-0.1, -0.05) is 30.3 Å². The Balaban J connectivity index is 1.94. The van der Waals surface area contributed by atoms with E-state index in [1.807, 2.05) is 0 Å². The Hall–Kier alpha value is -3.81. The number of anilines is 3. The molecule has 0 unspecified atom stereocenters. The number of benzene rings is 3. The first kappa shape index (κ1) is 19.9. The fourth-order valence-corrected chi connectivity index (χ4v) is 2.70. The molecular weight excluding hydrogens is 385 g/mol. The van der Waals surface area contributed by atoms with Crippen molar-refractivity contribution in [1.82, 2.24) is 0 Å². The van der Waals surface area contributed by atoms with Gasteiger partial charge in [0.15, 0.2) is 0 Å². The lowest BCUT2D eigenvalue weighted by Crippen LogP contribution is -2.15. The molecule has 8 heteroatoms. The lowest BCUT2D eigenvalue weighted by Gasteiger charge is -2.15. The predicted molar refractivity (Wildman–Crippen MR) is 103 cm³/mol. The third-order valence-corrected chi connectivity index (χ3v) is 4.03. The van der Waals surface area contributed by atoms with Gasteiger partial charge < -0.3 is 15.7 Å². The summed E-state index contributed by atoms with van der Waals surface area (Å²) < 4.78 is 38.7. The van der Waals surface area contributed by atoms with Gasteiger partial charge in [0.2, 0.25) is 0 Å². The van der Waals surface area contributed by atoms with Crippen LogP contribution in [-0.2, 0) is 6.18 Å². The molecule has 5 nitrogen and oxygen atoms in total. The minimum Gasteiger partial charge on any atom is -0.478 e. The molecule has 0 aliphatic carbocycles. The summed E-state index contributed by atoms with van der Waals surface area (Å²) in [6, 6.07) is 16.9. The van der Waals surface area contributed by atoms with Crippen LogP contribution in [-0.4, -0.2) is 17.0 Å². The summed E-state index contributed by atoms with van der Waals surface area (Å²) in [6.07, 6.45) is -4.53. The van der Waals surface area contributed by atoms with Crippen LogP contribution in [0.25, 0.3) is 0 Å². The molecule has 0 aromatic heterocycles. The molecule has 0 heterocycles. The first-order valence-corrected chi connectivity index (χ1v) is 8.42. The number of nitrogens with one attached hydrogen (secondary N) is 2. The molecule has 0 aliphatic rings. The van der Waals surface area contributed by atoms with Crippen LogP contribution in [0.1, 0.15) is 26.3 Å². The first-order chi connectivity index (χ1) is 13.8. The van der Waals surface area contributed by atoms with Gasteiger partial charge in [0, 0.05) is 11.3 Å². The number of halogens is 3. The zero-order valence-electron chi connectivity index (χ0n) is 14.8. The third-order valence-electron chi connectivity index (χ3n) is 4.03. The summed E-state index contributed by atoms with van der Waals surface area (Å²) in [7, 11) is 0. The van der Waals surface area contributed by atoms with Crippen molar-refractivity contribution < 1.29 is 27.9 Å². The Kier molecular flexibility index (Phi) is 5.54. The van der Waals surface area contributed by atoms with E-state index in [0.29, 0.717) is 5.56 Å². The van der Waals surface area contributed by atoms with E-state index in [2.05, 4.69) is 10.6 Å². The molecule has 0 aliphatic heterocycles. The number of amides is 1. The second-order valence-electron chi connectivity index (χ2n) is 6.06. The van der Waals surface area contributed by atoms with E-state index in [9.17, 15) is 27.9 Å². The highest BCUT2D eigenvalue weighted by Gasteiger charge is 2.30. The van der Waals surface area contributed by atoms with Gasteiger partial charge in [-0.2, -0.15) is 13.2 Å². The van der Waals surface area contributed by atoms with Crippen molar-refractivity contribution in [3.63, 3.8) is 0 Å². The SMILES string of the molecule is O=C(Nc1cccc(Nc2cccc(C(F)(F)F)c2)c1C(=O)O)c1ccccc1. The van der Waals surface area contributed by atoms with E-state index in [-0.39, 0.29) is 22.6 Å². The Morgan fingerprint density at radius 3 is 2.14 bits per heavy atom. The molecule has 148 valence electrons. The second kappa shape index (κ2) is 8.05. The normalized spacial score (nSPS) is 11.0. The summed E-state index contributed by atoms with van der Waals surface area (Å²) in [6.45, 7) is 0. The van der Waals surface area contributed by atoms with E-state index in [4.69, 9.17) is 0 Å². The van der Waals surface area contributed by atoms with Gasteiger partial charge in [-0.15, -0.1) is 0 Å². The lowest BCUT2D eigenvalue weighted by molar-refractivity contribution is -0.137. The molecule has 29 heavy (non-hydrogen) atoms. The number of hydrogen-bond acceptors (Lipinski definition) is 3. The molecule has 0 fully saturated rings. The smallest absolute Gasteiger partial charge is 0.416 e. The largest absolute Gasteiger partial charge is 0.478 e. The molecule has 0 radical (unpaired) electrons. The fraction of sp³-hybridized carbons (Fsp3) is 0.0476. The average Bonchev–Trinajstić information content (AvgIpc) is 2.68. The number of hydrogen-bond donors (Lipinski definition) is 3. The molecule has 0 spiro atoms. The van der Waals surface area contributed by atoms with Crippen LogP contribution in [0.15, 0.2) is 72.8 Å². The minimum atomic E-state index is -4.53. The van der Waals surface area contributed by atoms with Gasteiger partial charge in [0.05, 0.1) is 16.9 Å². The van der Waals surface area contributed by atoms with E-state index >= 15 is 0 Å². The van der Waals surface area contributed by atoms with Crippen molar-refractivity contribution in [3.05, 3.63) is 89.5 Å². The van der Waals surface area contributed by atoms with Crippen LogP contribution < -0.4 is 10.6 Å². The highest BCUT2D eigenvalue weighted by molar-refractivity contribution is 6.09. The molecule has 3 rings (SSSR count). The summed E-state index contributed by atoms with van der Waals surface area (Å²) in [5.74, 6) is -1.85. The topological polar surface area (TPSA) is 78.4 Å². The van der Waals surface area contributed by atoms with Gasteiger partial charge >= 0.3 is 12.1 Å². The van der Waals surface area contributed by atoms with E-state index in [1.165, 1.54) is 30.3 Å². The Morgan fingerprint density at radius 1 is 0.828 bits per heavy atom. The molecule has 3 aromatic rings. The standard InChI is InChI=1S/C21H15F3N2O3/c22-21(23,24)14-8-4-9-15(12-14)25-16-10-5-11-17(18(16)20(28)29)26-19(27)13-6-2-1-3-7-13/h1-12,25H,(H,26,27)(H,28,29). The van der Waals surface area contributed by atoms with Crippen molar-refractivity contribution in [2.75, 3.05) is 10.6 Å². The molecule has 3 N–H and O–H groups in total. The monoisotopic (exact) mass is 400 g/mol. The molecule has 0 atom stereocenters. The molecule has 0 bridgehead atoms. The van der Waals surface area contributed by atoms with E-state index in [1.54, 1.807) is 30.3 Å². The van der Waals surface area contributed by atoms with E-state index < -0.39 is 23.6 Å². The minimum absolute atomic E-state index is 0.0170. The quantitative estimate of drug-likeness (QED) is 0.536. The van der Waals surface area contributed by atoms with Crippen LogP contribution in [0.5, 0.6) is 0 Å². The molecule has 0 saturated heterocycles. The summed E-state index contributed by atoms with van der Waals surface area (Å²) in [4.78, 5) is 24.2. The van der Waals surface area contributed by atoms with Gasteiger partial charge in [-0.3, -0.25) is 4.79 Å². The lowest BCUT2D eigenvalue weighted by atomic mass is 10.1. The maximum atomic E-state index is 12.9. The zero-order chi connectivity index (χ0) is 21.0. The Bertz CT molecular complexity index is 1050. The van der Waals surface area contributed by atoms with Crippen molar-refractivity contribution in [1.29, 1.82) is 0 Å². The average molecular weight is 400 g/mol. The van der Waals surface area contributed by atoms with Crippen molar-refractivity contribution >= 4 is 28.9 Å². The second-order valence-corrected chi connectivity index (χ2v) is 6.06. The number of carboxylic acid groups (broad SMARTS) is 1. The zero-order valence-corrected chi connectivity index (χ0v) is 14.8. The highest BCUT2D eigenvalue weighted by Crippen LogP contribution is 2.33. The number of rotatable bonds is 5. The molecule has 0 saturated carbocycles. The van der Waals surface area contributed by atoms with Crippen LogP contribution in [0, 0.1) is 0 Å². The summed E-state index contributed by atoms with van der Waals surface area (Å²) in [5, 5.41) is 14.8. The molecular formula is C21H15F3N2O3. The van der Waals surface area contributed by atoms with E-state index in [0.717, 1.165) is 12.1 Å². The van der Waals surface area contributed by atoms with Crippen LogP contribution in [0.3, 0.4) is 0 Å². The van der Waals surface area contributed by atoms with Gasteiger partial charge in [-0.05, 0) is 42.5 Å². The third kappa shape index (κ3) is 4.73. The predicted octanol–water partition coefficient (Wildman–Crippen LogP) is 5.40. The number of carboxylic acids is 1. The number of aromatic carboxylic acids is 1. The van der Waals surface area contributed by atoms with Crippen molar-refractivity contribution in [2.45, 2.75) is 6.18 Å². The van der Waals surface area contributed by atoms with Crippen molar-refractivity contribution in [2.24, 2.45) is 0 Å². The molecule has 3 aromatic carbocycles. The molecule has 1 amide bonds. The van der Waals surface area contributed by atoms with Crippen molar-refractivity contribution in [3.8, 4) is 0 Å². The number of carbonyl (C=O) groups is 2. The summed E-state index contributed by atoms with van der Waals surface area (Å²) in [5.41, 5.74) is -0.679. The number of alkyl halides is 3. The Labute approximate surface area is 163 Å². The van der Waals surface area contributed by atoms with Gasteiger partial charge in [-0.25, -0.2) is 4.79 Å². The maximum absolute atomic E-state index is 12.9. The van der Waals surface area contributed by atoms with Crippen LogP contribution in [0.4, 0.5) is 30.2 Å². The van der Waals surface area contributed by atoms with Gasteiger partial charge in [0.1, 0.15) is 5.56 Å². The van der Waals surface area contributed by atoms with Gasteiger partial charge in [0.25, 0.3) is 5.91 Å². The number of carbonyl (C=O) groups excluding carboxylic acids is 1.